The van der Waals surface area contributed by atoms with E-state index in [1.54, 1.807) is 18.2 Å². The zero-order valence-electron chi connectivity index (χ0n) is 14.8. The van der Waals surface area contributed by atoms with Gasteiger partial charge >= 0.3 is 0 Å². The number of ether oxygens (including phenoxy) is 1. The summed E-state index contributed by atoms with van der Waals surface area (Å²) in [7, 11) is 0. The van der Waals surface area contributed by atoms with E-state index in [1.807, 2.05) is 36.4 Å². The third-order valence-electron chi connectivity index (χ3n) is 3.72. The number of aromatic amines is 1. The molecule has 0 spiro atoms. The Hall–Kier alpha value is -3.12. The van der Waals surface area contributed by atoms with Crippen molar-refractivity contribution in [2.75, 3.05) is 6.61 Å². The topological polar surface area (TPSA) is 79.4 Å². The molecule has 2 aromatic carbocycles. The van der Waals surface area contributed by atoms with Gasteiger partial charge in [0.05, 0.1) is 18.5 Å². The smallest absolute Gasteiger partial charge is 0.289 e. The number of nitrogens with one attached hydrogen (secondary N) is 2. The normalized spacial score (nSPS) is 10.9. The van der Waals surface area contributed by atoms with Gasteiger partial charge in [-0.2, -0.15) is 10.2 Å². The van der Waals surface area contributed by atoms with Crippen molar-refractivity contribution < 1.29 is 9.53 Å². The number of hydrogen-bond acceptors (Lipinski definition) is 4. The summed E-state index contributed by atoms with van der Waals surface area (Å²) in [5, 5.41) is 11.4. The van der Waals surface area contributed by atoms with Gasteiger partial charge in [0.25, 0.3) is 5.91 Å². The van der Waals surface area contributed by atoms with E-state index in [2.05, 4.69) is 27.6 Å². The first-order valence-corrected chi connectivity index (χ1v) is 8.91. The van der Waals surface area contributed by atoms with Crippen LogP contribution in [0.5, 0.6) is 5.75 Å². The first-order valence-electron chi connectivity index (χ1n) is 8.54. The number of halogens is 1. The highest BCUT2D eigenvalue weighted by molar-refractivity contribution is 6.33. The van der Waals surface area contributed by atoms with Gasteiger partial charge < -0.3 is 4.74 Å². The first kappa shape index (κ1) is 18.7. The highest BCUT2D eigenvalue weighted by Crippen LogP contribution is 2.21. The van der Waals surface area contributed by atoms with E-state index in [1.165, 1.54) is 6.21 Å². The Morgan fingerprint density at radius 1 is 1.26 bits per heavy atom. The second kappa shape index (κ2) is 9.00. The minimum Gasteiger partial charge on any atom is -0.494 e. The van der Waals surface area contributed by atoms with Gasteiger partial charge in [0.2, 0.25) is 0 Å². The van der Waals surface area contributed by atoms with Crippen molar-refractivity contribution in [3.05, 3.63) is 70.9 Å². The Balaban J connectivity index is 1.63. The summed E-state index contributed by atoms with van der Waals surface area (Å²) in [4.78, 5) is 12.2. The summed E-state index contributed by atoms with van der Waals surface area (Å²) >= 11 is 6.04. The quantitative estimate of drug-likeness (QED) is 0.472. The van der Waals surface area contributed by atoms with Crippen LogP contribution in [0.15, 0.2) is 59.7 Å². The van der Waals surface area contributed by atoms with Crippen LogP contribution in [-0.2, 0) is 0 Å². The third-order valence-corrected chi connectivity index (χ3v) is 4.06. The van der Waals surface area contributed by atoms with Crippen molar-refractivity contribution in [3.63, 3.8) is 0 Å². The minimum absolute atomic E-state index is 0.313. The van der Waals surface area contributed by atoms with Crippen LogP contribution in [-0.4, -0.2) is 28.9 Å². The lowest BCUT2D eigenvalue weighted by Crippen LogP contribution is -2.18. The molecule has 6 nitrogen and oxygen atoms in total. The molecule has 0 bridgehead atoms. The standard InChI is InChI=1S/C20H19ClN4O2/c1-2-11-27-16-9-7-14(8-10-16)18-12-19(24-23-18)20(26)25-22-13-15-5-3-4-6-17(15)21/h3-10,12-13H,2,11H2,1H3,(H,23,24)(H,25,26)/b22-13+. The number of benzene rings is 2. The number of aromatic nitrogens is 2. The van der Waals surface area contributed by atoms with E-state index in [0.29, 0.717) is 23.0 Å². The van der Waals surface area contributed by atoms with Crippen molar-refractivity contribution in [1.29, 1.82) is 0 Å². The lowest BCUT2D eigenvalue weighted by Gasteiger charge is -2.04. The fraction of sp³-hybridized carbons (Fsp3) is 0.150. The average molecular weight is 383 g/mol. The molecule has 1 heterocycles. The molecule has 138 valence electrons. The van der Waals surface area contributed by atoms with Gasteiger partial charge in [-0.15, -0.1) is 0 Å². The summed E-state index contributed by atoms with van der Waals surface area (Å²) in [5.74, 6) is 0.419. The van der Waals surface area contributed by atoms with Crippen LogP contribution in [0.3, 0.4) is 0 Å². The molecule has 0 aliphatic heterocycles. The molecule has 0 aliphatic rings. The molecule has 0 fully saturated rings. The van der Waals surface area contributed by atoms with Crippen molar-refractivity contribution in [2.24, 2.45) is 5.10 Å². The van der Waals surface area contributed by atoms with Crippen molar-refractivity contribution in [2.45, 2.75) is 13.3 Å². The Labute approximate surface area is 162 Å². The SMILES string of the molecule is CCCOc1ccc(-c2cc(C(=O)N/N=C/c3ccccc3Cl)[nH]n2)cc1. The molecule has 7 heteroatoms. The second-order valence-electron chi connectivity index (χ2n) is 5.76. The number of hydrazone groups is 1. The summed E-state index contributed by atoms with van der Waals surface area (Å²) < 4.78 is 5.56. The number of carbonyl (C=O) groups excluding carboxylic acids is 1. The molecule has 0 unspecified atom stereocenters. The highest BCUT2D eigenvalue weighted by Gasteiger charge is 2.10. The van der Waals surface area contributed by atoms with Gasteiger partial charge in [-0.1, -0.05) is 36.7 Å². The van der Waals surface area contributed by atoms with Crippen LogP contribution < -0.4 is 10.2 Å². The van der Waals surface area contributed by atoms with Crippen LogP contribution in [0, 0.1) is 0 Å². The van der Waals surface area contributed by atoms with Crippen molar-refractivity contribution >= 4 is 23.7 Å². The lowest BCUT2D eigenvalue weighted by atomic mass is 10.1. The zero-order valence-corrected chi connectivity index (χ0v) is 15.5. The van der Waals surface area contributed by atoms with Crippen molar-refractivity contribution in [1.82, 2.24) is 15.6 Å². The van der Waals surface area contributed by atoms with Crippen molar-refractivity contribution in [3.8, 4) is 17.0 Å². The number of H-pyrrole nitrogens is 1. The number of carbonyl (C=O) groups is 1. The first-order chi connectivity index (χ1) is 13.2. The van der Waals surface area contributed by atoms with E-state index in [-0.39, 0.29) is 5.91 Å². The molecule has 0 radical (unpaired) electrons. The fourth-order valence-corrected chi connectivity index (χ4v) is 2.51. The molecule has 0 atom stereocenters. The monoisotopic (exact) mass is 382 g/mol. The average Bonchev–Trinajstić information content (AvgIpc) is 3.18. The second-order valence-corrected chi connectivity index (χ2v) is 6.17. The molecule has 2 N–H and O–H groups in total. The summed E-state index contributed by atoms with van der Waals surface area (Å²) in [6, 6.07) is 16.5. The Bertz CT molecular complexity index is 935. The molecular weight excluding hydrogens is 364 g/mol. The van der Waals surface area contributed by atoms with Gasteiger partial charge in [0.15, 0.2) is 0 Å². The molecule has 1 amide bonds. The van der Waals surface area contributed by atoms with Gasteiger partial charge in [0, 0.05) is 16.1 Å². The molecule has 27 heavy (non-hydrogen) atoms. The maximum absolute atomic E-state index is 12.2. The number of amides is 1. The van der Waals surface area contributed by atoms with E-state index < -0.39 is 0 Å². The Morgan fingerprint density at radius 3 is 2.78 bits per heavy atom. The molecule has 1 aromatic heterocycles. The maximum atomic E-state index is 12.2. The molecule has 0 saturated heterocycles. The van der Waals surface area contributed by atoms with E-state index in [9.17, 15) is 4.79 Å². The van der Waals surface area contributed by atoms with E-state index in [0.717, 1.165) is 23.3 Å². The Kier molecular flexibility index (Phi) is 6.22. The minimum atomic E-state index is -0.389. The predicted molar refractivity (Wildman–Crippen MR) is 106 cm³/mol. The van der Waals surface area contributed by atoms with Gasteiger partial charge in [-0.25, -0.2) is 5.43 Å². The van der Waals surface area contributed by atoms with Crippen LogP contribution >= 0.6 is 11.6 Å². The zero-order chi connectivity index (χ0) is 19.1. The summed E-state index contributed by atoms with van der Waals surface area (Å²) in [6.07, 6.45) is 2.45. The van der Waals surface area contributed by atoms with Gasteiger partial charge in [0.1, 0.15) is 11.4 Å². The number of rotatable bonds is 7. The van der Waals surface area contributed by atoms with Gasteiger partial charge in [-0.3, -0.25) is 9.89 Å². The van der Waals surface area contributed by atoms with E-state index >= 15 is 0 Å². The van der Waals surface area contributed by atoms with E-state index in [4.69, 9.17) is 16.3 Å². The number of hydrogen-bond donors (Lipinski definition) is 2. The molecule has 3 rings (SSSR count). The molecule has 0 saturated carbocycles. The van der Waals surface area contributed by atoms with Crippen LogP contribution in [0.25, 0.3) is 11.3 Å². The van der Waals surface area contributed by atoms with Crippen LogP contribution in [0.2, 0.25) is 5.02 Å². The van der Waals surface area contributed by atoms with Gasteiger partial charge in [-0.05, 0) is 42.8 Å². The molecule has 3 aromatic rings. The predicted octanol–water partition coefficient (Wildman–Crippen LogP) is 4.28. The van der Waals surface area contributed by atoms with Crippen LogP contribution in [0.4, 0.5) is 0 Å². The fourth-order valence-electron chi connectivity index (χ4n) is 2.33. The van der Waals surface area contributed by atoms with Crippen LogP contribution in [0.1, 0.15) is 29.4 Å². The largest absolute Gasteiger partial charge is 0.494 e. The molecule has 0 aliphatic carbocycles. The maximum Gasteiger partial charge on any atom is 0.289 e. The summed E-state index contributed by atoms with van der Waals surface area (Å²) in [5.41, 5.74) is 5.03. The number of nitrogens with zero attached hydrogens (tertiary/aromatic N) is 2. The Morgan fingerprint density at radius 2 is 2.04 bits per heavy atom. The third kappa shape index (κ3) is 4.95. The highest BCUT2D eigenvalue weighted by atomic mass is 35.5. The molecular formula is C20H19ClN4O2. The summed E-state index contributed by atoms with van der Waals surface area (Å²) in [6.45, 7) is 2.74. The lowest BCUT2D eigenvalue weighted by molar-refractivity contribution is 0.0950.